The molecule has 0 heterocycles. The second-order valence-corrected chi connectivity index (χ2v) is 9.43. The monoisotopic (exact) mass is 496 g/mol. The number of aryl methyl sites for hydroxylation is 2. The summed E-state index contributed by atoms with van der Waals surface area (Å²) in [6, 6.07) is 14.0. The molecule has 0 fully saturated rings. The van der Waals surface area contributed by atoms with Gasteiger partial charge in [0.15, 0.2) is 23.2 Å². The van der Waals surface area contributed by atoms with Crippen molar-refractivity contribution in [3.63, 3.8) is 0 Å². The first-order valence-electron chi connectivity index (χ1n) is 12.8. The highest BCUT2D eigenvalue weighted by Gasteiger charge is 2.22. The SMILES string of the molecule is CCCc1ccc(-c2ccc(CCC3CC=C(c4ccc(OCC)c(F)c4F)CC3)c(F)c2F)cc1. The van der Waals surface area contributed by atoms with Gasteiger partial charge in [-0.1, -0.05) is 55.8 Å². The maximum atomic E-state index is 14.9. The van der Waals surface area contributed by atoms with Gasteiger partial charge in [0, 0.05) is 11.1 Å². The molecule has 3 aromatic carbocycles. The molecule has 0 saturated heterocycles. The average molecular weight is 497 g/mol. The van der Waals surface area contributed by atoms with E-state index in [1.54, 1.807) is 25.1 Å². The van der Waals surface area contributed by atoms with Crippen molar-refractivity contribution >= 4 is 5.57 Å². The molecule has 1 nitrogen and oxygen atoms in total. The van der Waals surface area contributed by atoms with Crippen LogP contribution in [0.15, 0.2) is 54.6 Å². The van der Waals surface area contributed by atoms with Gasteiger partial charge in [0.05, 0.1) is 6.61 Å². The highest BCUT2D eigenvalue weighted by Crippen LogP contribution is 2.36. The van der Waals surface area contributed by atoms with E-state index in [9.17, 15) is 17.6 Å². The molecular weight excluding hydrogens is 464 g/mol. The lowest BCUT2D eigenvalue weighted by Gasteiger charge is -2.23. The molecule has 0 amide bonds. The predicted octanol–water partition coefficient (Wildman–Crippen LogP) is 9.08. The van der Waals surface area contributed by atoms with Crippen LogP contribution in [0, 0.1) is 29.2 Å². The summed E-state index contributed by atoms with van der Waals surface area (Å²) < 4.78 is 63.7. The fourth-order valence-electron chi connectivity index (χ4n) is 4.95. The summed E-state index contributed by atoms with van der Waals surface area (Å²) in [7, 11) is 0. The highest BCUT2D eigenvalue weighted by molar-refractivity contribution is 5.68. The van der Waals surface area contributed by atoms with Crippen LogP contribution in [0.3, 0.4) is 0 Å². The van der Waals surface area contributed by atoms with Crippen LogP contribution >= 0.6 is 0 Å². The third kappa shape index (κ3) is 5.66. The molecule has 0 bridgehead atoms. The van der Waals surface area contributed by atoms with Crippen LogP contribution in [0.25, 0.3) is 16.7 Å². The van der Waals surface area contributed by atoms with Gasteiger partial charge in [-0.3, -0.25) is 0 Å². The van der Waals surface area contributed by atoms with Crippen molar-refractivity contribution in [2.75, 3.05) is 6.61 Å². The molecule has 190 valence electrons. The zero-order valence-electron chi connectivity index (χ0n) is 20.9. The molecule has 0 saturated carbocycles. The Bertz CT molecular complexity index is 1230. The molecule has 0 aromatic heterocycles. The highest BCUT2D eigenvalue weighted by atomic mass is 19.2. The van der Waals surface area contributed by atoms with Gasteiger partial charge < -0.3 is 4.74 Å². The summed E-state index contributed by atoms with van der Waals surface area (Å²) in [5.74, 6) is -3.25. The summed E-state index contributed by atoms with van der Waals surface area (Å²) in [4.78, 5) is 0. The van der Waals surface area contributed by atoms with Gasteiger partial charge in [-0.15, -0.1) is 0 Å². The van der Waals surface area contributed by atoms with E-state index in [0.717, 1.165) is 24.8 Å². The molecule has 3 aromatic rings. The van der Waals surface area contributed by atoms with Gasteiger partial charge in [0.1, 0.15) is 0 Å². The first-order valence-corrected chi connectivity index (χ1v) is 12.8. The topological polar surface area (TPSA) is 9.23 Å². The summed E-state index contributed by atoms with van der Waals surface area (Å²) in [6.07, 6.45) is 7.14. The van der Waals surface area contributed by atoms with E-state index in [1.807, 2.05) is 30.3 Å². The Labute approximate surface area is 210 Å². The third-order valence-corrected chi connectivity index (χ3v) is 7.00. The average Bonchev–Trinajstić information content (AvgIpc) is 2.89. The second kappa shape index (κ2) is 11.8. The second-order valence-electron chi connectivity index (χ2n) is 9.43. The van der Waals surface area contributed by atoms with Crippen molar-refractivity contribution in [3.8, 4) is 16.9 Å². The van der Waals surface area contributed by atoms with Crippen LogP contribution in [-0.4, -0.2) is 6.61 Å². The van der Waals surface area contributed by atoms with Crippen LogP contribution in [0.2, 0.25) is 0 Å². The van der Waals surface area contributed by atoms with Gasteiger partial charge in [-0.25, -0.2) is 13.2 Å². The lowest BCUT2D eigenvalue weighted by atomic mass is 9.83. The van der Waals surface area contributed by atoms with Crippen molar-refractivity contribution in [1.82, 2.24) is 0 Å². The molecule has 1 atom stereocenters. The van der Waals surface area contributed by atoms with Crippen molar-refractivity contribution in [3.05, 3.63) is 94.6 Å². The Morgan fingerprint density at radius 2 is 1.50 bits per heavy atom. The van der Waals surface area contributed by atoms with E-state index in [-0.39, 0.29) is 29.4 Å². The standard InChI is InChI=1S/C31H32F4O/c1-3-5-20-6-11-22(12-7-20)25-17-16-24(28(32)29(25)33)15-10-21-8-13-23(14-9-21)26-18-19-27(36-4-2)31(35)30(26)34/h6-7,11-13,16-19,21H,3-5,8-10,14-15H2,1-2H3. The van der Waals surface area contributed by atoms with E-state index < -0.39 is 23.3 Å². The van der Waals surface area contributed by atoms with Gasteiger partial charge in [0.25, 0.3) is 0 Å². The fourth-order valence-corrected chi connectivity index (χ4v) is 4.95. The predicted molar refractivity (Wildman–Crippen MR) is 137 cm³/mol. The number of halogens is 4. The van der Waals surface area contributed by atoms with Gasteiger partial charge in [-0.2, -0.15) is 4.39 Å². The molecule has 1 unspecified atom stereocenters. The van der Waals surface area contributed by atoms with Gasteiger partial charge >= 0.3 is 0 Å². The zero-order valence-corrected chi connectivity index (χ0v) is 20.9. The molecular formula is C31H32F4O. The lowest BCUT2D eigenvalue weighted by molar-refractivity contribution is 0.314. The minimum Gasteiger partial charge on any atom is -0.491 e. The lowest BCUT2D eigenvalue weighted by Crippen LogP contribution is -2.09. The number of ether oxygens (including phenoxy) is 1. The first kappa shape index (κ1) is 26.0. The molecule has 1 aliphatic rings. The summed E-state index contributed by atoms with van der Waals surface area (Å²) in [5.41, 5.74) is 3.53. The Balaban J connectivity index is 1.39. The first-order chi connectivity index (χ1) is 17.4. The van der Waals surface area contributed by atoms with Crippen LogP contribution in [0.5, 0.6) is 5.75 Å². The maximum Gasteiger partial charge on any atom is 0.201 e. The molecule has 5 heteroatoms. The Kier molecular flexibility index (Phi) is 8.50. The van der Waals surface area contributed by atoms with Crippen molar-refractivity contribution in [2.24, 2.45) is 5.92 Å². The van der Waals surface area contributed by atoms with Crippen LogP contribution in [0.4, 0.5) is 17.6 Å². The quantitative estimate of drug-likeness (QED) is 0.269. The van der Waals surface area contributed by atoms with E-state index >= 15 is 0 Å². The minimum atomic E-state index is -0.963. The zero-order chi connectivity index (χ0) is 25.7. The minimum absolute atomic E-state index is 0.0816. The maximum absolute atomic E-state index is 14.9. The molecule has 0 aliphatic heterocycles. The van der Waals surface area contributed by atoms with Gasteiger partial charge in [0.2, 0.25) is 5.82 Å². The van der Waals surface area contributed by atoms with E-state index in [1.165, 1.54) is 11.6 Å². The van der Waals surface area contributed by atoms with E-state index in [2.05, 4.69) is 6.92 Å². The van der Waals surface area contributed by atoms with Crippen LogP contribution in [0.1, 0.15) is 62.6 Å². The van der Waals surface area contributed by atoms with E-state index in [0.29, 0.717) is 36.8 Å². The number of rotatable bonds is 9. The van der Waals surface area contributed by atoms with Crippen molar-refractivity contribution < 1.29 is 22.3 Å². The molecule has 0 spiro atoms. The van der Waals surface area contributed by atoms with E-state index in [4.69, 9.17) is 4.74 Å². The number of allylic oxidation sites excluding steroid dienone is 2. The number of benzene rings is 3. The summed E-state index contributed by atoms with van der Waals surface area (Å²) in [6.45, 7) is 4.09. The van der Waals surface area contributed by atoms with Crippen molar-refractivity contribution in [1.29, 1.82) is 0 Å². The van der Waals surface area contributed by atoms with Crippen LogP contribution < -0.4 is 4.74 Å². The smallest absolute Gasteiger partial charge is 0.201 e. The summed E-state index contributed by atoms with van der Waals surface area (Å²) in [5, 5.41) is 0. The van der Waals surface area contributed by atoms with Crippen molar-refractivity contribution in [2.45, 2.75) is 58.8 Å². The largest absolute Gasteiger partial charge is 0.491 e. The molecule has 0 N–H and O–H groups in total. The molecule has 4 rings (SSSR count). The number of hydrogen-bond acceptors (Lipinski definition) is 1. The Morgan fingerprint density at radius 1 is 0.778 bits per heavy atom. The summed E-state index contributed by atoms with van der Waals surface area (Å²) >= 11 is 0. The molecule has 0 radical (unpaired) electrons. The Morgan fingerprint density at radius 3 is 2.17 bits per heavy atom. The molecule has 1 aliphatic carbocycles. The van der Waals surface area contributed by atoms with Crippen LogP contribution in [-0.2, 0) is 12.8 Å². The third-order valence-electron chi connectivity index (χ3n) is 7.00. The fraction of sp³-hybridized carbons (Fsp3) is 0.355. The Hall–Kier alpha value is -3.08. The normalized spacial score (nSPS) is 15.6. The molecule has 36 heavy (non-hydrogen) atoms. The van der Waals surface area contributed by atoms with Gasteiger partial charge in [-0.05, 0) is 85.8 Å². The number of hydrogen-bond donors (Lipinski definition) is 0.